The standard InChI is InChI=1S/C17H19ClFNS/c1-10-7-12(13(18)9-14(10)19)17(20)16-8-11-5-3-2-4-6-15(11)21-16/h7-9,17H,2-6,20H2,1H3. The van der Waals surface area contributed by atoms with Crippen molar-refractivity contribution in [3.8, 4) is 0 Å². The zero-order valence-electron chi connectivity index (χ0n) is 12.1. The molecule has 1 heterocycles. The molecule has 1 aromatic carbocycles. The molecule has 0 saturated carbocycles. The van der Waals surface area contributed by atoms with Gasteiger partial charge in [-0.2, -0.15) is 0 Å². The molecule has 3 rings (SSSR count). The van der Waals surface area contributed by atoms with Gasteiger partial charge >= 0.3 is 0 Å². The Morgan fingerprint density at radius 2 is 1.95 bits per heavy atom. The molecule has 21 heavy (non-hydrogen) atoms. The van der Waals surface area contributed by atoms with E-state index >= 15 is 0 Å². The number of hydrogen-bond donors (Lipinski definition) is 1. The number of fused-ring (bicyclic) bond motifs is 1. The third-order valence-electron chi connectivity index (χ3n) is 4.19. The molecule has 1 aliphatic rings. The summed E-state index contributed by atoms with van der Waals surface area (Å²) in [5.41, 5.74) is 9.23. The van der Waals surface area contributed by atoms with Crippen LogP contribution in [-0.2, 0) is 12.8 Å². The number of rotatable bonds is 2. The van der Waals surface area contributed by atoms with Crippen LogP contribution in [0.4, 0.5) is 4.39 Å². The van der Waals surface area contributed by atoms with Crippen LogP contribution in [0.3, 0.4) is 0 Å². The number of thiophene rings is 1. The normalized spacial score (nSPS) is 16.4. The molecule has 1 aliphatic carbocycles. The highest BCUT2D eigenvalue weighted by Crippen LogP contribution is 2.36. The van der Waals surface area contributed by atoms with E-state index in [1.165, 1.54) is 35.8 Å². The fraction of sp³-hybridized carbons (Fsp3) is 0.412. The van der Waals surface area contributed by atoms with Crippen LogP contribution in [0.1, 0.15) is 51.7 Å². The van der Waals surface area contributed by atoms with E-state index in [9.17, 15) is 4.39 Å². The zero-order valence-corrected chi connectivity index (χ0v) is 13.7. The first-order chi connectivity index (χ1) is 10.1. The van der Waals surface area contributed by atoms with Gasteiger partial charge in [0.25, 0.3) is 0 Å². The summed E-state index contributed by atoms with van der Waals surface area (Å²) in [6, 6.07) is 5.09. The van der Waals surface area contributed by atoms with Gasteiger partial charge < -0.3 is 5.73 Å². The van der Waals surface area contributed by atoms with E-state index in [0.29, 0.717) is 10.6 Å². The van der Waals surface area contributed by atoms with Gasteiger partial charge in [-0.25, -0.2) is 4.39 Å². The Bertz CT molecular complexity index is 642. The van der Waals surface area contributed by atoms with Crippen molar-refractivity contribution in [2.45, 2.75) is 45.1 Å². The number of nitrogens with two attached hydrogens (primary N) is 1. The maximum Gasteiger partial charge on any atom is 0.127 e. The van der Waals surface area contributed by atoms with Crippen molar-refractivity contribution in [2.75, 3.05) is 0 Å². The number of halogens is 2. The molecule has 1 nitrogen and oxygen atoms in total. The van der Waals surface area contributed by atoms with Gasteiger partial charge in [-0.1, -0.05) is 18.0 Å². The van der Waals surface area contributed by atoms with Crippen molar-refractivity contribution in [3.63, 3.8) is 0 Å². The van der Waals surface area contributed by atoms with E-state index in [4.69, 9.17) is 17.3 Å². The van der Waals surface area contributed by atoms with Gasteiger partial charge in [-0.15, -0.1) is 11.3 Å². The number of aryl methyl sites for hydroxylation is 3. The van der Waals surface area contributed by atoms with Crippen LogP contribution in [0.5, 0.6) is 0 Å². The van der Waals surface area contributed by atoms with Crippen molar-refractivity contribution >= 4 is 22.9 Å². The van der Waals surface area contributed by atoms with Gasteiger partial charge in [0.2, 0.25) is 0 Å². The summed E-state index contributed by atoms with van der Waals surface area (Å²) < 4.78 is 13.5. The SMILES string of the molecule is Cc1cc(C(N)c2cc3c(s2)CCCCC3)c(Cl)cc1F. The summed E-state index contributed by atoms with van der Waals surface area (Å²) in [6.45, 7) is 1.74. The molecule has 112 valence electrons. The minimum atomic E-state index is -0.280. The molecule has 2 N–H and O–H groups in total. The van der Waals surface area contributed by atoms with Crippen molar-refractivity contribution in [1.82, 2.24) is 0 Å². The van der Waals surface area contributed by atoms with Crippen molar-refractivity contribution in [3.05, 3.63) is 55.5 Å². The smallest absolute Gasteiger partial charge is 0.127 e. The van der Waals surface area contributed by atoms with E-state index < -0.39 is 0 Å². The first-order valence-electron chi connectivity index (χ1n) is 7.39. The summed E-state index contributed by atoms with van der Waals surface area (Å²) >= 11 is 7.98. The highest BCUT2D eigenvalue weighted by atomic mass is 35.5. The Kier molecular flexibility index (Phi) is 4.34. The first kappa shape index (κ1) is 15.0. The second-order valence-corrected chi connectivity index (χ2v) is 7.33. The predicted octanol–water partition coefficient (Wildman–Crippen LogP) is 5.17. The highest BCUT2D eigenvalue weighted by molar-refractivity contribution is 7.12. The quantitative estimate of drug-likeness (QED) is 0.758. The molecule has 0 spiro atoms. The lowest BCUT2D eigenvalue weighted by atomic mass is 10.0. The van der Waals surface area contributed by atoms with Crippen molar-refractivity contribution in [1.29, 1.82) is 0 Å². The van der Waals surface area contributed by atoms with E-state index in [1.807, 2.05) is 0 Å². The second-order valence-electron chi connectivity index (χ2n) is 5.76. The maximum absolute atomic E-state index is 13.5. The van der Waals surface area contributed by atoms with Crippen molar-refractivity contribution < 1.29 is 4.39 Å². The second kappa shape index (κ2) is 6.07. The fourth-order valence-corrected chi connectivity index (χ4v) is 4.46. The summed E-state index contributed by atoms with van der Waals surface area (Å²) in [4.78, 5) is 2.60. The molecule has 1 unspecified atom stereocenters. The van der Waals surface area contributed by atoms with Gasteiger partial charge in [-0.3, -0.25) is 0 Å². The third-order valence-corrected chi connectivity index (χ3v) is 5.83. The summed E-state index contributed by atoms with van der Waals surface area (Å²) in [7, 11) is 0. The van der Waals surface area contributed by atoms with Crippen LogP contribution in [0.25, 0.3) is 0 Å². The molecule has 4 heteroatoms. The van der Waals surface area contributed by atoms with Crippen LogP contribution in [0.15, 0.2) is 18.2 Å². The van der Waals surface area contributed by atoms with E-state index in [-0.39, 0.29) is 11.9 Å². The Labute approximate surface area is 133 Å². The monoisotopic (exact) mass is 323 g/mol. The summed E-state index contributed by atoms with van der Waals surface area (Å²) in [6.07, 6.45) is 6.14. The molecule has 0 amide bonds. The molecule has 1 atom stereocenters. The zero-order chi connectivity index (χ0) is 15.0. The van der Waals surface area contributed by atoms with Gasteiger partial charge in [0.05, 0.1) is 6.04 Å². The maximum atomic E-state index is 13.5. The molecule has 2 aromatic rings. The van der Waals surface area contributed by atoms with E-state index in [1.54, 1.807) is 24.3 Å². The Hall–Kier alpha value is -0.900. The topological polar surface area (TPSA) is 26.0 Å². The Morgan fingerprint density at radius 3 is 2.76 bits per heavy atom. The first-order valence-corrected chi connectivity index (χ1v) is 8.58. The Balaban J connectivity index is 1.95. The van der Waals surface area contributed by atoms with Crippen LogP contribution < -0.4 is 5.73 Å². The van der Waals surface area contributed by atoms with Crippen LogP contribution in [0.2, 0.25) is 5.02 Å². The van der Waals surface area contributed by atoms with Gasteiger partial charge in [0.15, 0.2) is 0 Å². The predicted molar refractivity (Wildman–Crippen MR) is 87.8 cm³/mol. The minimum absolute atomic E-state index is 0.270. The summed E-state index contributed by atoms with van der Waals surface area (Å²) in [5, 5.41) is 0.411. The lowest BCUT2D eigenvalue weighted by Crippen LogP contribution is -2.11. The lowest BCUT2D eigenvalue weighted by molar-refractivity contribution is 0.617. The van der Waals surface area contributed by atoms with Crippen molar-refractivity contribution in [2.24, 2.45) is 5.73 Å². The largest absolute Gasteiger partial charge is 0.320 e. The molecular formula is C17H19ClFNS. The fourth-order valence-electron chi connectivity index (χ4n) is 2.91. The van der Waals surface area contributed by atoms with Crippen LogP contribution in [-0.4, -0.2) is 0 Å². The molecule has 1 aromatic heterocycles. The molecule has 0 radical (unpaired) electrons. The van der Waals surface area contributed by atoms with E-state index in [0.717, 1.165) is 23.3 Å². The minimum Gasteiger partial charge on any atom is -0.320 e. The molecule has 0 bridgehead atoms. The molecule has 0 fully saturated rings. The van der Waals surface area contributed by atoms with E-state index in [2.05, 4.69) is 6.07 Å². The average Bonchev–Trinajstić information content (AvgIpc) is 2.73. The average molecular weight is 324 g/mol. The van der Waals surface area contributed by atoms with Gasteiger partial charge in [0, 0.05) is 14.8 Å². The highest BCUT2D eigenvalue weighted by Gasteiger charge is 2.20. The third kappa shape index (κ3) is 3.01. The number of hydrogen-bond acceptors (Lipinski definition) is 2. The molecule has 0 aliphatic heterocycles. The Morgan fingerprint density at radius 1 is 1.19 bits per heavy atom. The van der Waals surface area contributed by atoms with Crippen LogP contribution >= 0.6 is 22.9 Å². The molecular weight excluding hydrogens is 305 g/mol. The van der Waals surface area contributed by atoms with Gasteiger partial charge in [-0.05, 0) is 67.5 Å². The molecule has 0 saturated heterocycles. The summed E-state index contributed by atoms with van der Waals surface area (Å²) in [5.74, 6) is -0.280. The number of benzene rings is 1. The lowest BCUT2D eigenvalue weighted by Gasteiger charge is -2.13. The van der Waals surface area contributed by atoms with Gasteiger partial charge in [0.1, 0.15) is 5.82 Å². The van der Waals surface area contributed by atoms with Crippen LogP contribution in [0, 0.1) is 12.7 Å².